The molecular weight excluding hydrogens is 679 g/mol. The van der Waals surface area contributed by atoms with Gasteiger partial charge in [-0.3, -0.25) is 14.6 Å². The number of carbonyl (C=O) groups is 3. The molecule has 0 unspecified atom stereocenters. The molecule has 1 saturated heterocycles. The first-order valence-electron chi connectivity index (χ1n) is 16.2. The number of nitrogens with zero attached hydrogens (tertiary/aromatic N) is 4. The lowest BCUT2D eigenvalue weighted by Crippen LogP contribution is -2.49. The fourth-order valence-corrected chi connectivity index (χ4v) is 6.65. The molecule has 0 spiro atoms. The van der Waals surface area contributed by atoms with Crippen LogP contribution in [0.15, 0.2) is 60.8 Å². The van der Waals surface area contributed by atoms with Crippen molar-refractivity contribution in [2.75, 3.05) is 27.3 Å². The van der Waals surface area contributed by atoms with E-state index in [0.29, 0.717) is 92.4 Å². The molecule has 4 aromatic rings. The maximum absolute atomic E-state index is 13.5. The Kier molecular flexibility index (Phi) is 11.3. The van der Waals surface area contributed by atoms with E-state index in [0.717, 1.165) is 6.29 Å². The van der Waals surface area contributed by atoms with Gasteiger partial charge in [-0.05, 0) is 63.9 Å². The van der Waals surface area contributed by atoms with Crippen LogP contribution < -0.4 is 9.47 Å². The fourth-order valence-electron chi connectivity index (χ4n) is 6.00. The largest absolute Gasteiger partial charge is 0.496 e. The molecular formula is C38H40Cl2N4O6. The van der Waals surface area contributed by atoms with E-state index in [1.807, 2.05) is 51.1 Å². The van der Waals surface area contributed by atoms with Crippen LogP contribution in [0.3, 0.4) is 0 Å². The highest BCUT2D eigenvalue weighted by atomic mass is 35.5. The molecule has 1 aliphatic heterocycles. The Morgan fingerprint density at radius 1 is 0.960 bits per heavy atom. The van der Waals surface area contributed by atoms with Crippen molar-refractivity contribution in [1.82, 2.24) is 19.8 Å². The number of amides is 2. The van der Waals surface area contributed by atoms with Crippen molar-refractivity contribution < 1.29 is 28.6 Å². The second kappa shape index (κ2) is 15.5. The van der Waals surface area contributed by atoms with Gasteiger partial charge in [0.15, 0.2) is 6.29 Å². The molecule has 0 aliphatic carbocycles. The number of halogens is 2. The monoisotopic (exact) mass is 718 g/mol. The van der Waals surface area contributed by atoms with E-state index >= 15 is 0 Å². The van der Waals surface area contributed by atoms with Gasteiger partial charge >= 0.3 is 6.09 Å². The maximum atomic E-state index is 13.5. The van der Waals surface area contributed by atoms with Gasteiger partial charge in [0.1, 0.15) is 11.4 Å². The lowest BCUT2D eigenvalue weighted by molar-refractivity contribution is -0.130. The molecule has 0 bridgehead atoms. The summed E-state index contributed by atoms with van der Waals surface area (Å²) in [6, 6.07) is 16.1. The molecule has 12 heteroatoms. The molecule has 10 nitrogen and oxygen atoms in total. The summed E-state index contributed by atoms with van der Waals surface area (Å²) in [5.74, 6) is 0.779. The number of hydrogen-bond donors (Lipinski definition) is 0. The number of benzene rings is 2. The summed E-state index contributed by atoms with van der Waals surface area (Å²) in [5, 5.41) is 0.806. The highest BCUT2D eigenvalue weighted by molar-refractivity contribution is 6.39. The van der Waals surface area contributed by atoms with Gasteiger partial charge < -0.3 is 24.0 Å². The first-order valence-corrected chi connectivity index (χ1v) is 17.0. The van der Waals surface area contributed by atoms with Gasteiger partial charge in [-0.25, -0.2) is 9.78 Å². The molecule has 0 N–H and O–H groups in total. The third-order valence-electron chi connectivity index (χ3n) is 8.54. The number of aldehydes is 1. The zero-order valence-corrected chi connectivity index (χ0v) is 30.5. The van der Waals surface area contributed by atoms with E-state index in [-0.39, 0.29) is 18.5 Å². The predicted molar refractivity (Wildman–Crippen MR) is 194 cm³/mol. The summed E-state index contributed by atoms with van der Waals surface area (Å²) in [6.45, 7) is 8.39. The van der Waals surface area contributed by atoms with E-state index in [4.69, 9.17) is 42.4 Å². The van der Waals surface area contributed by atoms with E-state index in [1.165, 1.54) is 14.2 Å². The minimum Gasteiger partial charge on any atom is -0.496 e. The number of pyridine rings is 2. The predicted octanol–water partition coefficient (Wildman–Crippen LogP) is 8.36. The van der Waals surface area contributed by atoms with Crippen molar-refractivity contribution in [1.29, 1.82) is 0 Å². The van der Waals surface area contributed by atoms with Crippen LogP contribution in [0.5, 0.6) is 11.6 Å². The normalized spacial score (nSPS) is 13.5. The summed E-state index contributed by atoms with van der Waals surface area (Å²) < 4.78 is 16.9. The lowest BCUT2D eigenvalue weighted by Gasteiger charge is -2.39. The second-order valence-corrected chi connectivity index (χ2v) is 13.7. The molecule has 5 rings (SSSR count). The van der Waals surface area contributed by atoms with Crippen LogP contribution in [0.4, 0.5) is 4.79 Å². The molecule has 0 atom stereocenters. The molecule has 262 valence electrons. The number of likely N-dealkylation sites (tertiary alicyclic amines) is 1. The third kappa shape index (κ3) is 8.03. The summed E-state index contributed by atoms with van der Waals surface area (Å²) in [5.41, 5.74) is 4.17. The maximum Gasteiger partial charge on any atom is 0.410 e. The Hall–Kier alpha value is -4.67. The standard InChI is InChI=1S/C38H40Cl2N4O6/c1-23(46)43-18-15-27(16-19-43)44(37(47)50-38(2,3)4)21-25-12-13-31(42-36(25)49-6)30-9-7-8-28(33(30)39)29-14-17-41-35(34(29)40)24-10-11-26(22-45)32(20-24)48-5/h7-14,17,20,22,27H,15-16,18-19,21H2,1-6H3. The van der Waals surface area contributed by atoms with Crippen LogP contribution in [0.1, 0.15) is 56.5 Å². The Morgan fingerprint density at radius 3 is 2.30 bits per heavy atom. The second-order valence-electron chi connectivity index (χ2n) is 13.0. The summed E-state index contributed by atoms with van der Waals surface area (Å²) in [7, 11) is 3.03. The van der Waals surface area contributed by atoms with Crippen LogP contribution >= 0.6 is 23.2 Å². The Labute approximate surface area is 302 Å². The number of ether oxygens (including phenoxy) is 3. The van der Waals surface area contributed by atoms with Gasteiger partial charge in [0.2, 0.25) is 11.8 Å². The fraction of sp³-hybridized carbons (Fsp3) is 0.342. The zero-order valence-electron chi connectivity index (χ0n) is 29.0. The van der Waals surface area contributed by atoms with Crippen molar-refractivity contribution in [2.24, 2.45) is 0 Å². The summed E-state index contributed by atoms with van der Waals surface area (Å²) >= 11 is 14.0. The minimum absolute atomic E-state index is 0.0224. The Morgan fingerprint density at radius 2 is 1.66 bits per heavy atom. The molecule has 50 heavy (non-hydrogen) atoms. The molecule has 0 saturated carbocycles. The van der Waals surface area contributed by atoms with Crippen molar-refractivity contribution in [3.05, 3.63) is 82.0 Å². The van der Waals surface area contributed by atoms with Crippen LogP contribution in [0.2, 0.25) is 10.0 Å². The quantitative estimate of drug-likeness (QED) is 0.159. The van der Waals surface area contributed by atoms with Gasteiger partial charge in [0.25, 0.3) is 0 Å². The van der Waals surface area contributed by atoms with Crippen LogP contribution in [0.25, 0.3) is 33.6 Å². The van der Waals surface area contributed by atoms with Gasteiger partial charge in [0, 0.05) is 60.1 Å². The van der Waals surface area contributed by atoms with Crippen LogP contribution in [-0.2, 0) is 16.1 Å². The number of piperidine rings is 1. The van der Waals surface area contributed by atoms with Gasteiger partial charge in [0.05, 0.1) is 47.8 Å². The molecule has 1 fully saturated rings. The van der Waals surface area contributed by atoms with E-state index in [2.05, 4.69) is 4.98 Å². The Bertz CT molecular complexity index is 1900. The van der Waals surface area contributed by atoms with Crippen molar-refractivity contribution in [2.45, 2.75) is 58.7 Å². The molecule has 3 heterocycles. The molecule has 1 aliphatic rings. The average Bonchev–Trinajstić information content (AvgIpc) is 3.10. The molecule has 2 aromatic heterocycles. The SMILES string of the molecule is COc1cc(-c2nccc(-c3cccc(-c4ccc(CN(C(=O)OC(C)(C)C)C5CCN(C(C)=O)CC5)c(OC)n4)c3Cl)c2Cl)ccc1C=O. The van der Waals surface area contributed by atoms with E-state index in [9.17, 15) is 14.4 Å². The molecule has 0 radical (unpaired) electrons. The first kappa shape index (κ1) is 36.6. The van der Waals surface area contributed by atoms with Gasteiger partial charge in [-0.2, -0.15) is 0 Å². The number of aromatic nitrogens is 2. The average molecular weight is 720 g/mol. The highest BCUT2D eigenvalue weighted by Gasteiger charge is 2.33. The van der Waals surface area contributed by atoms with Crippen molar-refractivity contribution >= 4 is 41.5 Å². The van der Waals surface area contributed by atoms with Crippen LogP contribution in [0, 0.1) is 0 Å². The van der Waals surface area contributed by atoms with E-state index in [1.54, 1.807) is 47.2 Å². The smallest absolute Gasteiger partial charge is 0.410 e. The molecule has 2 aromatic carbocycles. The van der Waals surface area contributed by atoms with Crippen LogP contribution in [-0.4, -0.2) is 77.0 Å². The highest BCUT2D eigenvalue weighted by Crippen LogP contribution is 2.42. The summed E-state index contributed by atoms with van der Waals surface area (Å²) in [4.78, 5) is 49.7. The van der Waals surface area contributed by atoms with Crippen molar-refractivity contribution in [3.8, 4) is 45.3 Å². The number of methoxy groups -OCH3 is 2. The van der Waals surface area contributed by atoms with E-state index < -0.39 is 11.7 Å². The number of hydrogen-bond acceptors (Lipinski definition) is 8. The first-order chi connectivity index (χ1) is 23.8. The third-order valence-corrected chi connectivity index (χ3v) is 9.33. The Balaban J connectivity index is 1.47. The topological polar surface area (TPSA) is 111 Å². The minimum atomic E-state index is -0.685. The van der Waals surface area contributed by atoms with Crippen molar-refractivity contribution in [3.63, 3.8) is 0 Å². The van der Waals surface area contributed by atoms with Gasteiger partial charge in [-0.15, -0.1) is 0 Å². The summed E-state index contributed by atoms with van der Waals surface area (Å²) in [6.07, 6.45) is 3.20. The number of carbonyl (C=O) groups excluding carboxylic acids is 3. The number of rotatable bonds is 9. The van der Waals surface area contributed by atoms with Gasteiger partial charge in [-0.1, -0.05) is 47.5 Å². The molecule has 2 amide bonds. The lowest BCUT2D eigenvalue weighted by atomic mass is 9.99. The zero-order chi connectivity index (χ0) is 36.2.